The molecule has 1 atom stereocenters. The fourth-order valence-electron chi connectivity index (χ4n) is 7.51. The summed E-state index contributed by atoms with van der Waals surface area (Å²) in [6.07, 6.45) is 45.5. The molecular formula is C50H96O6. The smallest absolute Gasteiger partial charge is 0.306 e. The summed E-state index contributed by atoms with van der Waals surface area (Å²) in [6, 6.07) is 0. The Kier molecular flexibility index (Phi) is 43.2. The Morgan fingerprint density at radius 2 is 0.589 bits per heavy atom. The highest BCUT2D eigenvalue weighted by Crippen LogP contribution is 2.17. The number of ether oxygens (including phenoxy) is 3. The van der Waals surface area contributed by atoms with Crippen LogP contribution in [-0.2, 0) is 28.6 Å². The maximum Gasteiger partial charge on any atom is 0.306 e. The largest absolute Gasteiger partial charge is 0.462 e. The van der Waals surface area contributed by atoms with Crippen LogP contribution in [0.4, 0.5) is 0 Å². The minimum absolute atomic E-state index is 0.0640. The van der Waals surface area contributed by atoms with Crippen LogP contribution < -0.4 is 0 Å². The molecule has 0 aromatic carbocycles. The molecule has 0 aliphatic rings. The van der Waals surface area contributed by atoms with Crippen molar-refractivity contribution in [2.24, 2.45) is 5.92 Å². The van der Waals surface area contributed by atoms with Gasteiger partial charge in [0.2, 0.25) is 0 Å². The fraction of sp³-hybridized carbons (Fsp3) is 0.940. The third-order valence-corrected chi connectivity index (χ3v) is 11.3. The van der Waals surface area contributed by atoms with Gasteiger partial charge in [-0.2, -0.15) is 0 Å². The van der Waals surface area contributed by atoms with Crippen LogP contribution in [0.25, 0.3) is 0 Å². The van der Waals surface area contributed by atoms with Crippen LogP contribution >= 0.6 is 0 Å². The molecule has 0 unspecified atom stereocenters. The summed E-state index contributed by atoms with van der Waals surface area (Å²) in [5.41, 5.74) is 0. The molecule has 0 radical (unpaired) electrons. The van der Waals surface area contributed by atoms with E-state index in [-0.39, 0.29) is 31.1 Å². The molecule has 0 aliphatic carbocycles. The van der Waals surface area contributed by atoms with Crippen molar-refractivity contribution in [1.82, 2.24) is 0 Å². The molecular weight excluding hydrogens is 697 g/mol. The number of hydrogen-bond donors (Lipinski definition) is 0. The number of carbonyl (C=O) groups excluding carboxylic acids is 3. The maximum atomic E-state index is 12.7. The zero-order chi connectivity index (χ0) is 41.0. The van der Waals surface area contributed by atoms with Gasteiger partial charge in [0.1, 0.15) is 13.2 Å². The number of rotatable bonds is 45. The number of carbonyl (C=O) groups is 3. The highest BCUT2D eigenvalue weighted by molar-refractivity contribution is 5.71. The first-order valence-corrected chi connectivity index (χ1v) is 24.9. The SMILES string of the molecule is CCCCCCCCCCCCCCCCC(=O)OC[C@@H](COC(=O)CCCCCCC)OC(=O)CCCCCCCCCCCCCCCCCCC(C)C. The molecule has 0 aromatic heterocycles. The second-order valence-electron chi connectivity index (χ2n) is 17.6. The second kappa shape index (κ2) is 44.5. The lowest BCUT2D eigenvalue weighted by atomic mass is 10.0. The third kappa shape index (κ3) is 43.5. The maximum absolute atomic E-state index is 12.7. The molecule has 0 N–H and O–H groups in total. The van der Waals surface area contributed by atoms with Gasteiger partial charge in [-0.25, -0.2) is 0 Å². The third-order valence-electron chi connectivity index (χ3n) is 11.3. The van der Waals surface area contributed by atoms with Crippen LogP contribution in [0.15, 0.2) is 0 Å². The van der Waals surface area contributed by atoms with Crippen molar-refractivity contribution in [3.05, 3.63) is 0 Å². The van der Waals surface area contributed by atoms with Crippen LogP contribution in [0.5, 0.6) is 0 Å². The average Bonchev–Trinajstić information content (AvgIpc) is 3.18. The van der Waals surface area contributed by atoms with E-state index in [1.54, 1.807) is 0 Å². The summed E-state index contributed by atoms with van der Waals surface area (Å²) < 4.78 is 16.7. The van der Waals surface area contributed by atoms with Gasteiger partial charge in [-0.3, -0.25) is 14.4 Å². The van der Waals surface area contributed by atoms with Crippen molar-refractivity contribution in [2.45, 2.75) is 284 Å². The molecule has 56 heavy (non-hydrogen) atoms. The zero-order valence-electron chi connectivity index (χ0n) is 38.1. The van der Waals surface area contributed by atoms with Gasteiger partial charge in [0.15, 0.2) is 6.10 Å². The second-order valence-corrected chi connectivity index (χ2v) is 17.6. The molecule has 6 heteroatoms. The number of esters is 3. The molecule has 0 aliphatic heterocycles. The van der Waals surface area contributed by atoms with Crippen LogP contribution in [0, 0.1) is 5.92 Å². The Balaban J connectivity index is 4.11. The van der Waals surface area contributed by atoms with E-state index in [2.05, 4.69) is 27.7 Å². The average molecular weight is 793 g/mol. The van der Waals surface area contributed by atoms with Gasteiger partial charge in [0.05, 0.1) is 0 Å². The molecule has 6 nitrogen and oxygen atoms in total. The van der Waals surface area contributed by atoms with Crippen LogP contribution in [0.1, 0.15) is 278 Å². The fourth-order valence-corrected chi connectivity index (χ4v) is 7.51. The minimum Gasteiger partial charge on any atom is -0.462 e. The van der Waals surface area contributed by atoms with Gasteiger partial charge in [-0.1, -0.05) is 240 Å². The van der Waals surface area contributed by atoms with Crippen molar-refractivity contribution < 1.29 is 28.6 Å². The first-order chi connectivity index (χ1) is 27.4. The summed E-state index contributed by atoms with van der Waals surface area (Å²) in [7, 11) is 0. The van der Waals surface area contributed by atoms with Gasteiger partial charge >= 0.3 is 17.9 Å². The summed E-state index contributed by atoms with van der Waals surface area (Å²) in [4.78, 5) is 37.6. The zero-order valence-corrected chi connectivity index (χ0v) is 38.1. The molecule has 0 fully saturated rings. The summed E-state index contributed by atoms with van der Waals surface area (Å²) in [5, 5.41) is 0. The van der Waals surface area contributed by atoms with E-state index < -0.39 is 6.10 Å². The quantitative estimate of drug-likeness (QED) is 0.0347. The van der Waals surface area contributed by atoms with Crippen LogP contribution in [0.3, 0.4) is 0 Å². The molecule has 0 amide bonds. The lowest BCUT2D eigenvalue weighted by Crippen LogP contribution is -2.30. The number of hydrogen-bond acceptors (Lipinski definition) is 6. The Labute approximate surface area is 348 Å². The van der Waals surface area contributed by atoms with E-state index in [9.17, 15) is 14.4 Å². The summed E-state index contributed by atoms with van der Waals surface area (Å²) in [6.45, 7) is 8.96. The summed E-state index contributed by atoms with van der Waals surface area (Å²) in [5.74, 6) is -0.00954. The lowest BCUT2D eigenvalue weighted by Gasteiger charge is -2.18. The molecule has 0 saturated carbocycles. The van der Waals surface area contributed by atoms with Gasteiger partial charge < -0.3 is 14.2 Å². The molecule has 0 bridgehead atoms. The van der Waals surface area contributed by atoms with Crippen molar-refractivity contribution in [2.75, 3.05) is 13.2 Å². The Morgan fingerprint density at radius 1 is 0.339 bits per heavy atom. The van der Waals surface area contributed by atoms with Gasteiger partial charge in [-0.15, -0.1) is 0 Å². The topological polar surface area (TPSA) is 78.9 Å². The summed E-state index contributed by atoms with van der Waals surface area (Å²) >= 11 is 0. The lowest BCUT2D eigenvalue weighted by molar-refractivity contribution is -0.167. The Morgan fingerprint density at radius 3 is 0.875 bits per heavy atom. The van der Waals surface area contributed by atoms with E-state index in [1.807, 2.05) is 0 Å². The molecule has 0 saturated heterocycles. The van der Waals surface area contributed by atoms with Gasteiger partial charge in [-0.05, 0) is 25.2 Å². The van der Waals surface area contributed by atoms with Crippen molar-refractivity contribution in [1.29, 1.82) is 0 Å². The molecule has 0 rings (SSSR count). The predicted octanol–water partition coefficient (Wildman–Crippen LogP) is 15.9. The molecule has 0 aromatic rings. The van der Waals surface area contributed by atoms with Crippen molar-refractivity contribution in [3.63, 3.8) is 0 Å². The van der Waals surface area contributed by atoms with Crippen molar-refractivity contribution >= 4 is 17.9 Å². The van der Waals surface area contributed by atoms with Gasteiger partial charge in [0.25, 0.3) is 0 Å². The Hall–Kier alpha value is -1.59. The van der Waals surface area contributed by atoms with E-state index >= 15 is 0 Å². The number of unbranched alkanes of at least 4 members (excludes halogenated alkanes) is 32. The Bertz CT molecular complexity index is 841. The highest BCUT2D eigenvalue weighted by atomic mass is 16.6. The predicted molar refractivity (Wildman–Crippen MR) is 238 cm³/mol. The normalized spacial score (nSPS) is 11.9. The monoisotopic (exact) mass is 793 g/mol. The van der Waals surface area contributed by atoms with E-state index in [0.717, 1.165) is 70.1 Å². The first-order valence-electron chi connectivity index (χ1n) is 24.9. The van der Waals surface area contributed by atoms with E-state index in [0.29, 0.717) is 19.3 Å². The minimum atomic E-state index is -0.758. The molecule has 0 heterocycles. The molecule has 332 valence electrons. The molecule has 0 spiro atoms. The first kappa shape index (κ1) is 54.4. The highest BCUT2D eigenvalue weighted by Gasteiger charge is 2.19. The van der Waals surface area contributed by atoms with Crippen molar-refractivity contribution in [3.8, 4) is 0 Å². The van der Waals surface area contributed by atoms with Crippen LogP contribution in [0.2, 0.25) is 0 Å². The van der Waals surface area contributed by atoms with Gasteiger partial charge in [0, 0.05) is 19.3 Å². The van der Waals surface area contributed by atoms with E-state index in [1.165, 1.54) is 167 Å². The van der Waals surface area contributed by atoms with Crippen LogP contribution in [-0.4, -0.2) is 37.2 Å². The standard InChI is InChI=1S/C50H96O6/c1-5-7-9-11-12-13-14-15-21-24-27-30-34-38-42-49(52)55-45-47(44-54-48(51)41-37-32-10-8-6-2)56-50(53)43-39-35-31-28-25-22-19-17-16-18-20-23-26-29-33-36-40-46(3)4/h46-47H,5-45H2,1-4H3/t47-/m1/s1. The van der Waals surface area contributed by atoms with E-state index in [4.69, 9.17) is 14.2 Å².